The second-order valence-electron chi connectivity index (χ2n) is 3.97. The van der Waals surface area contributed by atoms with Gasteiger partial charge in [-0.05, 0) is 37.6 Å². The van der Waals surface area contributed by atoms with Gasteiger partial charge in [-0.15, -0.1) is 0 Å². The molecule has 1 atom stereocenters. The summed E-state index contributed by atoms with van der Waals surface area (Å²) in [6, 6.07) is 4.15. The standard InChI is InChI=1S/C13H17N3O/c1-3-14-13(8-11-5-7-17-9-11)12-4-6-15-10(2)16-12/h4-7,9,13-14H,3,8H2,1-2H3. The van der Waals surface area contributed by atoms with Gasteiger partial charge in [0.25, 0.3) is 0 Å². The largest absolute Gasteiger partial charge is 0.472 e. The predicted octanol–water partition coefficient (Wildman–Crippen LogP) is 2.27. The Hall–Kier alpha value is -1.68. The van der Waals surface area contributed by atoms with Crippen LogP contribution >= 0.6 is 0 Å². The number of nitrogens with zero attached hydrogens (tertiary/aromatic N) is 2. The van der Waals surface area contributed by atoms with E-state index in [4.69, 9.17) is 4.42 Å². The molecule has 0 bridgehead atoms. The highest BCUT2D eigenvalue weighted by Gasteiger charge is 2.13. The maximum absolute atomic E-state index is 5.09. The average Bonchev–Trinajstić information content (AvgIpc) is 2.81. The second kappa shape index (κ2) is 5.59. The highest BCUT2D eigenvalue weighted by Crippen LogP contribution is 2.16. The van der Waals surface area contributed by atoms with Gasteiger partial charge in [0.1, 0.15) is 5.82 Å². The van der Waals surface area contributed by atoms with Crippen molar-refractivity contribution in [1.29, 1.82) is 0 Å². The molecule has 2 aromatic heterocycles. The predicted molar refractivity (Wildman–Crippen MR) is 65.6 cm³/mol. The van der Waals surface area contributed by atoms with E-state index in [2.05, 4.69) is 22.2 Å². The molecule has 1 unspecified atom stereocenters. The van der Waals surface area contributed by atoms with Crippen LogP contribution in [0.1, 0.15) is 30.0 Å². The third-order valence-electron chi connectivity index (χ3n) is 2.63. The fraction of sp³-hybridized carbons (Fsp3) is 0.385. The normalized spacial score (nSPS) is 12.6. The molecule has 0 aliphatic carbocycles. The van der Waals surface area contributed by atoms with E-state index in [1.54, 1.807) is 18.7 Å². The summed E-state index contributed by atoms with van der Waals surface area (Å²) in [6.07, 6.45) is 6.15. The zero-order valence-electron chi connectivity index (χ0n) is 10.2. The fourth-order valence-electron chi connectivity index (χ4n) is 1.84. The van der Waals surface area contributed by atoms with E-state index >= 15 is 0 Å². The Kier molecular flexibility index (Phi) is 3.88. The molecule has 1 N–H and O–H groups in total. The first-order valence-electron chi connectivity index (χ1n) is 5.83. The first kappa shape index (κ1) is 11.8. The lowest BCUT2D eigenvalue weighted by Gasteiger charge is -2.16. The molecule has 0 aliphatic heterocycles. The van der Waals surface area contributed by atoms with E-state index in [0.717, 1.165) is 24.5 Å². The Morgan fingerprint density at radius 1 is 1.41 bits per heavy atom. The molecular weight excluding hydrogens is 214 g/mol. The van der Waals surface area contributed by atoms with Crippen LogP contribution in [0.4, 0.5) is 0 Å². The van der Waals surface area contributed by atoms with E-state index in [1.807, 2.05) is 19.1 Å². The molecule has 90 valence electrons. The smallest absolute Gasteiger partial charge is 0.125 e. The minimum atomic E-state index is 0.208. The Bertz CT molecular complexity index is 453. The van der Waals surface area contributed by atoms with Gasteiger partial charge in [-0.2, -0.15) is 0 Å². The van der Waals surface area contributed by atoms with Gasteiger partial charge >= 0.3 is 0 Å². The van der Waals surface area contributed by atoms with Gasteiger partial charge in [-0.3, -0.25) is 0 Å². The number of aromatic nitrogens is 2. The van der Waals surface area contributed by atoms with Gasteiger partial charge in [0.2, 0.25) is 0 Å². The van der Waals surface area contributed by atoms with Crippen molar-refractivity contribution in [3.63, 3.8) is 0 Å². The number of hydrogen-bond donors (Lipinski definition) is 1. The first-order valence-corrected chi connectivity index (χ1v) is 5.83. The topological polar surface area (TPSA) is 51.0 Å². The number of hydrogen-bond acceptors (Lipinski definition) is 4. The molecule has 0 saturated carbocycles. The molecule has 0 amide bonds. The molecule has 0 radical (unpaired) electrons. The Balaban J connectivity index is 2.16. The summed E-state index contributed by atoms with van der Waals surface area (Å²) in [4.78, 5) is 8.59. The van der Waals surface area contributed by atoms with Gasteiger partial charge < -0.3 is 9.73 Å². The summed E-state index contributed by atoms with van der Waals surface area (Å²) >= 11 is 0. The zero-order chi connectivity index (χ0) is 12.1. The molecular formula is C13H17N3O. The summed E-state index contributed by atoms with van der Waals surface area (Å²) in [5, 5.41) is 3.43. The molecule has 2 aromatic rings. The highest BCUT2D eigenvalue weighted by atomic mass is 16.3. The van der Waals surface area contributed by atoms with E-state index in [1.165, 1.54) is 5.56 Å². The lowest BCUT2D eigenvalue weighted by atomic mass is 10.1. The molecule has 4 nitrogen and oxygen atoms in total. The van der Waals surface area contributed by atoms with Crippen molar-refractivity contribution in [3.05, 3.63) is 47.9 Å². The fourth-order valence-corrected chi connectivity index (χ4v) is 1.84. The summed E-state index contributed by atoms with van der Waals surface area (Å²) in [7, 11) is 0. The lowest BCUT2D eigenvalue weighted by Crippen LogP contribution is -2.24. The summed E-state index contributed by atoms with van der Waals surface area (Å²) < 4.78 is 5.09. The van der Waals surface area contributed by atoms with Crippen molar-refractivity contribution >= 4 is 0 Å². The number of furan rings is 1. The zero-order valence-corrected chi connectivity index (χ0v) is 10.2. The van der Waals surface area contributed by atoms with Crippen LogP contribution in [-0.2, 0) is 6.42 Å². The highest BCUT2D eigenvalue weighted by molar-refractivity contribution is 5.14. The summed E-state index contributed by atoms with van der Waals surface area (Å²) in [6.45, 7) is 4.91. The lowest BCUT2D eigenvalue weighted by molar-refractivity contribution is 0.523. The number of aryl methyl sites for hydroxylation is 1. The molecule has 0 saturated heterocycles. The van der Waals surface area contributed by atoms with Crippen LogP contribution < -0.4 is 5.32 Å². The molecule has 2 heterocycles. The monoisotopic (exact) mass is 231 g/mol. The van der Waals surface area contributed by atoms with Crippen molar-refractivity contribution in [2.75, 3.05) is 6.54 Å². The third-order valence-corrected chi connectivity index (χ3v) is 2.63. The second-order valence-corrected chi connectivity index (χ2v) is 3.97. The van der Waals surface area contributed by atoms with Crippen LogP contribution in [0.3, 0.4) is 0 Å². The van der Waals surface area contributed by atoms with Gasteiger partial charge in [0, 0.05) is 6.20 Å². The van der Waals surface area contributed by atoms with Gasteiger partial charge in [0.15, 0.2) is 0 Å². The Morgan fingerprint density at radius 3 is 2.94 bits per heavy atom. The molecule has 0 aliphatic rings. The van der Waals surface area contributed by atoms with Crippen LogP contribution in [0.5, 0.6) is 0 Å². The number of rotatable bonds is 5. The van der Waals surface area contributed by atoms with Crippen LogP contribution in [0, 0.1) is 6.92 Å². The van der Waals surface area contributed by atoms with Gasteiger partial charge in [0.05, 0.1) is 24.3 Å². The average molecular weight is 231 g/mol. The summed E-state index contributed by atoms with van der Waals surface area (Å²) in [5.41, 5.74) is 2.20. The van der Waals surface area contributed by atoms with Gasteiger partial charge in [-0.1, -0.05) is 6.92 Å². The van der Waals surface area contributed by atoms with Crippen molar-refractivity contribution in [3.8, 4) is 0 Å². The van der Waals surface area contributed by atoms with E-state index in [9.17, 15) is 0 Å². The minimum Gasteiger partial charge on any atom is -0.472 e. The Labute approximate surface area is 101 Å². The Morgan fingerprint density at radius 2 is 2.29 bits per heavy atom. The third kappa shape index (κ3) is 3.14. The van der Waals surface area contributed by atoms with Crippen molar-refractivity contribution in [1.82, 2.24) is 15.3 Å². The molecule has 17 heavy (non-hydrogen) atoms. The van der Waals surface area contributed by atoms with E-state index < -0.39 is 0 Å². The SMILES string of the molecule is CCNC(Cc1ccoc1)c1ccnc(C)n1. The van der Waals surface area contributed by atoms with Crippen LogP contribution in [0.2, 0.25) is 0 Å². The van der Waals surface area contributed by atoms with Crippen molar-refractivity contribution in [2.24, 2.45) is 0 Å². The van der Waals surface area contributed by atoms with E-state index in [-0.39, 0.29) is 6.04 Å². The maximum atomic E-state index is 5.09. The van der Waals surface area contributed by atoms with Crippen LogP contribution in [0.25, 0.3) is 0 Å². The van der Waals surface area contributed by atoms with Crippen molar-refractivity contribution in [2.45, 2.75) is 26.3 Å². The molecule has 4 heteroatoms. The molecule has 2 rings (SSSR count). The van der Waals surface area contributed by atoms with E-state index in [0.29, 0.717) is 0 Å². The summed E-state index contributed by atoms with van der Waals surface area (Å²) in [5.74, 6) is 0.803. The molecule has 0 aromatic carbocycles. The maximum Gasteiger partial charge on any atom is 0.125 e. The minimum absolute atomic E-state index is 0.208. The molecule has 0 spiro atoms. The first-order chi connectivity index (χ1) is 8.29. The number of likely N-dealkylation sites (N-methyl/N-ethyl adjacent to an activating group) is 1. The van der Waals surface area contributed by atoms with Crippen LogP contribution in [-0.4, -0.2) is 16.5 Å². The number of nitrogens with one attached hydrogen (secondary N) is 1. The molecule has 0 fully saturated rings. The van der Waals surface area contributed by atoms with Crippen molar-refractivity contribution < 1.29 is 4.42 Å². The van der Waals surface area contributed by atoms with Crippen LogP contribution in [0.15, 0.2) is 35.3 Å². The van der Waals surface area contributed by atoms with Gasteiger partial charge in [-0.25, -0.2) is 9.97 Å². The quantitative estimate of drug-likeness (QED) is 0.857.